The second-order valence-corrected chi connectivity index (χ2v) is 2.90. The van der Waals surface area contributed by atoms with Gasteiger partial charge < -0.3 is 9.47 Å². The first-order chi connectivity index (χ1) is 7.69. The average Bonchev–Trinajstić information content (AvgIpc) is 2.30. The summed E-state index contributed by atoms with van der Waals surface area (Å²) < 4.78 is 9.58. The van der Waals surface area contributed by atoms with Crippen molar-refractivity contribution in [3.8, 4) is 0 Å². The molecule has 1 heterocycles. The summed E-state index contributed by atoms with van der Waals surface area (Å²) >= 11 is 0. The molecule has 5 nitrogen and oxygen atoms in total. The monoisotopic (exact) mass is 259 g/mol. The summed E-state index contributed by atoms with van der Waals surface area (Å²) in [6.45, 7) is 3.98. The third kappa shape index (κ3) is 4.40. The molecule has 0 unspecified atom stereocenters. The van der Waals surface area contributed by atoms with Gasteiger partial charge in [0, 0.05) is 12.4 Å². The van der Waals surface area contributed by atoms with Crippen LogP contribution in [0.25, 0.3) is 0 Å². The van der Waals surface area contributed by atoms with Gasteiger partial charge in [0.2, 0.25) is 0 Å². The Bertz CT molecular complexity index is 362. The number of ether oxygens (including phenoxy) is 2. The molecule has 17 heavy (non-hydrogen) atoms. The van der Waals surface area contributed by atoms with Crippen LogP contribution in [0.2, 0.25) is 0 Å². The van der Waals surface area contributed by atoms with Gasteiger partial charge in [-0.25, -0.2) is 9.59 Å². The Labute approximate surface area is 106 Å². The molecule has 0 N–H and O–H groups in total. The summed E-state index contributed by atoms with van der Waals surface area (Å²) in [6, 6.07) is 1.41. The molecule has 0 radical (unpaired) electrons. The van der Waals surface area contributed by atoms with Crippen LogP contribution in [0.3, 0.4) is 0 Å². The number of carbonyl (C=O) groups excluding carboxylic acids is 2. The van der Waals surface area contributed by atoms with E-state index in [1.807, 2.05) is 0 Å². The molecule has 0 aliphatic heterocycles. The van der Waals surface area contributed by atoms with Crippen LogP contribution < -0.4 is 0 Å². The summed E-state index contributed by atoms with van der Waals surface area (Å²) in [4.78, 5) is 26.5. The maximum Gasteiger partial charge on any atom is 0.339 e. The van der Waals surface area contributed by atoms with Gasteiger partial charge >= 0.3 is 11.9 Å². The largest absolute Gasteiger partial charge is 0.462 e. The number of carbonyl (C=O) groups is 2. The lowest BCUT2D eigenvalue weighted by molar-refractivity contribution is 0.0524. The normalized spacial score (nSPS) is 9.06. The van der Waals surface area contributed by atoms with Crippen molar-refractivity contribution in [2.75, 3.05) is 13.2 Å². The van der Waals surface area contributed by atoms with Crippen molar-refractivity contribution in [2.24, 2.45) is 0 Å². The summed E-state index contributed by atoms with van der Waals surface area (Å²) in [5, 5.41) is 0. The van der Waals surface area contributed by atoms with Crippen molar-refractivity contribution in [1.82, 2.24) is 4.98 Å². The van der Waals surface area contributed by atoms with Gasteiger partial charge in [-0.1, -0.05) is 0 Å². The van der Waals surface area contributed by atoms with Crippen molar-refractivity contribution < 1.29 is 19.1 Å². The molecule has 1 aromatic rings. The van der Waals surface area contributed by atoms with Gasteiger partial charge in [-0.3, -0.25) is 4.98 Å². The van der Waals surface area contributed by atoms with E-state index in [0.717, 1.165) is 0 Å². The molecule has 0 spiro atoms. The number of aromatic nitrogens is 1. The number of pyridine rings is 1. The maximum absolute atomic E-state index is 11.4. The van der Waals surface area contributed by atoms with E-state index in [2.05, 4.69) is 4.98 Å². The number of esters is 2. The third-order valence-corrected chi connectivity index (χ3v) is 1.76. The van der Waals surface area contributed by atoms with E-state index < -0.39 is 11.9 Å². The smallest absolute Gasteiger partial charge is 0.339 e. The third-order valence-electron chi connectivity index (χ3n) is 1.76. The number of nitrogens with zero attached hydrogens (tertiary/aromatic N) is 1. The number of hydrogen-bond acceptors (Lipinski definition) is 5. The summed E-state index contributed by atoms with van der Waals surface area (Å²) in [6.07, 6.45) is 2.70. The topological polar surface area (TPSA) is 65.5 Å². The van der Waals surface area contributed by atoms with Gasteiger partial charge in [0.1, 0.15) is 0 Å². The SMILES string of the molecule is CCOC(=O)c1cncc(C(=O)OCC)c1.Cl. The lowest BCUT2D eigenvalue weighted by Gasteiger charge is -2.04. The Morgan fingerprint density at radius 2 is 1.47 bits per heavy atom. The molecule has 6 heteroatoms. The summed E-state index contributed by atoms with van der Waals surface area (Å²) in [5.74, 6) is -0.998. The molecule has 0 bridgehead atoms. The first-order valence-electron chi connectivity index (χ1n) is 4.98. The highest BCUT2D eigenvalue weighted by Gasteiger charge is 2.12. The minimum Gasteiger partial charge on any atom is -0.462 e. The van der Waals surface area contributed by atoms with Gasteiger partial charge in [0.15, 0.2) is 0 Å². The standard InChI is InChI=1S/C11H13NO4.ClH/c1-3-15-10(13)8-5-9(7-12-6-8)11(14)16-4-2;/h5-7H,3-4H2,1-2H3;1H. The second-order valence-electron chi connectivity index (χ2n) is 2.90. The molecule has 94 valence electrons. The summed E-state index contributed by atoms with van der Waals surface area (Å²) in [5.41, 5.74) is 0.486. The fourth-order valence-corrected chi connectivity index (χ4v) is 1.09. The molecule has 0 saturated heterocycles. The highest BCUT2D eigenvalue weighted by Crippen LogP contribution is 2.06. The first kappa shape index (κ1) is 15.4. The Hall–Kier alpha value is -1.62. The molecule has 0 amide bonds. The molecule has 1 rings (SSSR count). The number of halogens is 1. The fraction of sp³-hybridized carbons (Fsp3) is 0.364. The lowest BCUT2D eigenvalue weighted by atomic mass is 10.2. The zero-order chi connectivity index (χ0) is 12.0. The van der Waals surface area contributed by atoms with Gasteiger partial charge in [-0.2, -0.15) is 0 Å². The van der Waals surface area contributed by atoms with Gasteiger partial charge in [0.25, 0.3) is 0 Å². The highest BCUT2D eigenvalue weighted by atomic mass is 35.5. The first-order valence-corrected chi connectivity index (χ1v) is 4.98. The molecule has 0 aromatic carbocycles. The van der Waals surface area contributed by atoms with Crippen LogP contribution in [0, 0.1) is 0 Å². The molecular weight excluding hydrogens is 246 g/mol. The molecule has 0 atom stereocenters. The average molecular weight is 260 g/mol. The van der Waals surface area contributed by atoms with Crippen LogP contribution in [-0.4, -0.2) is 30.1 Å². The van der Waals surface area contributed by atoms with Gasteiger partial charge in [-0.15, -0.1) is 12.4 Å². The minimum absolute atomic E-state index is 0. The zero-order valence-electron chi connectivity index (χ0n) is 9.63. The van der Waals surface area contributed by atoms with E-state index in [9.17, 15) is 9.59 Å². The molecule has 0 aliphatic carbocycles. The number of hydrogen-bond donors (Lipinski definition) is 0. The van der Waals surface area contributed by atoms with Crippen LogP contribution >= 0.6 is 12.4 Å². The molecule has 0 fully saturated rings. The van der Waals surface area contributed by atoms with Crippen molar-refractivity contribution in [2.45, 2.75) is 13.8 Å². The van der Waals surface area contributed by atoms with Crippen molar-refractivity contribution in [3.05, 3.63) is 29.6 Å². The minimum atomic E-state index is -0.499. The zero-order valence-corrected chi connectivity index (χ0v) is 10.5. The van der Waals surface area contributed by atoms with Crippen molar-refractivity contribution in [3.63, 3.8) is 0 Å². The molecule has 0 saturated carbocycles. The van der Waals surface area contributed by atoms with E-state index >= 15 is 0 Å². The van der Waals surface area contributed by atoms with Crippen LogP contribution in [-0.2, 0) is 9.47 Å². The van der Waals surface area contributed by atoms with Crippen molar-refractivity contribution >= 4 is 24.3 Å². The molecular formula is C11H14ClNO4. The quantitative estimate of drug-likeness (QED) is 0.772. The van der Waals surface area contributed by atoms with E-state index in [1.165, 1.54) is 18.5 Å². The van der Waals surface area contributed by atoms with E-state index in [0.29, 0.717) is 0 Å². The van der Waals surface area contributed by atoms with E-state index in [-0.39, 0.29) is 36.7 Å². The Balaban J connectivity index is 0.00000256. The molecule has 1 aromatic heterocycles. The molecule has 0 aliphatic rings. The van der Waals surface area contributed by atoms with Gasteiger partial charge in [-0.05, 0) is 19.9 Å². The van der Waals surface area contributed by atoms with Crippen LogP contribution in [0.4, 0.5) is 0 Å². The fourth-order valence-electron chi connectivity index (χ4n) is 1.09. The number of rotatable bonds is 4. The maximum atomic E-state index is 11.4. The van der Waals surface area contributed by atoms with Crippen LogP contribution in [0.15, 0.2) is 18.5 Å². The Kier molecular flexibility index (Phi) is 6.89. The summed E-state index contributed by atoms with van der Waals surface area (Å²) in [7, 11) is 0. The van der Waals surface area contributed by atoms with Gasteiger partial charge in [0.05, 0.1) is 24.3 Å². The van der Waals surface area contributed by atoms with Crippen molar-refractivity contribution in [1.29, 1.82) is 0 Å². The highest BCUT2D eigenvalue weighted by molar-refractivity contribution is 5.94. The van der Waals surface area contributed by atoms with Crippen LogP contribution in [0.5, 0.6) is 0 Å². The predicted molar refractivity (Wildman–Crippen MR) is 63.4 cm³/mol. The second kappa shape index (κ2) is 7.62. The van der Waals surface area contributed by atoms with E-state index in [1.54, 1.807) is 13.8 Å². The lowest BCUT2D eigenvalue weighted by Crippen LogP contribution is -2.09. The Morgan fingerprint density at radius 1 is 1.06 bits per heavy atom. The van der Waals surface area contributed by atoms with Crippen LogP contribution in [0.1, 0.15) is 34.6 Å². The van der Waals surface area contributed by atoms with E-state index in [4.69, 9.17) is 9.47 Å². The Morgan fingerprint density at radius 3 is 1.82 bits per heavy atom. The predicted octanol–water partition coefficient (Wildman–Crippen LogP) is 1.86.